The van der Waals surface area contributed by atoms with Crippen molar-refractivity contribution in [2.75, 3.05) is 40.2 Å². The summed E-state index contributed by atoms with van der Waals surface area (Å²) in [7, 11) is 6.12. The summed E-state index contributed by atoms with van der Waals surface area (Å²) >= 11 is 0. The average Bonchev–Trinajstić information content (AvgIpc) is 2.91. The van der Waals surface area contributed by atoms with Crippen molar-refractivity contribution in [1.29, 1.82) is 0 Å². The largest absolute Gasteiger partial charge is 0.493 e. The molecule has 36 heavy (non-hydrogen) atoms. The number of ether oxygens (including phenoxy) is 4. The molecule has 0 spiro atoms. The van der Waals surface area contributed by atoms with Crippen LogP contribution in [0.2, 0.25) is 0 Å². The number of carbonyl (C=O) groups is 2. The molecule has 0 unspecified atom stereocenters. The SMILES string of the molecule is CNC(=O)c1cc(Oc2ccc3c(c2)CN(C(=O)Nc2cc(OC)c(OC)c(OC)c2)CC3)ccn1. The van der Waals surface area contributed by atoms with Crippen LogP contribution in [0.5, 0.6) is 28.7 Å². The van der Waals surface area contributed by atoms with Crippen molar-refractivity contribution >= 4 is 17.6 Å². The van der Waals surface area contributed by atoms with Crippen molar-refractivity contribution in [1.82, 2.24) is 15.2 Å². The minimum Gasteiger partial charge on any atom is -0.493 e. The van der Waals surface area contributed by atoms with Gasteiger partial charge < -0.3 is 34.5 Å². The van der Waals surface area contributed by atoms with E-state index in [-0.39, 0.29) is 17.6 Å². The lowest BCUT2D eigenvalue weighted by molar-refractivity contribution is 0.0957. The maximum atomic E-state index is 13.1. The van der Waals surface area contributed by atoms with Crippen molar-refractivity contribution < 1.29 is 28.5 Å². The zero-order chi connectivity index (χ0) is 25.7. The summed E-state index contributed by atoms with van der Waals surface area (Å²) in [5, 5.41) is 5.46. The number of benzene rings is 2. The molecule has 1 aliphatic heterocycles. The van der Waals surface area contributed by atoms with Crippen LogP contribution in [-0.2, 0) is 13.0 Å². The number of hydrogen-bond donors (Lipinski definition) is 2. The summed E-state index contributed by atoms with van der Waals surface area (Å²) in [5.74, 6) is 2.17. The lowest BCUT2D eigenvalue weighted by Crippen LogP contribution is -2.38. The highest BCUT2D eigenvalue weighted by molar-refractivity contribution is 5.92. The Kier molecular flexibility index (Phi) is 7.43. The van der Waals surface area contributed by atoms with Gasteiger partial charge in [0.1, 0.15) is 17.2 Å². The first-order valence-electron chi connectivity index (χ1n) is 11.3. The molecule has 2 heterocycles. The number of urea groups is 1. The Morgan fingerprint density at radius 1 is 0.917 bits per heavy atom. The van der Waals surface area contributed by atoms with Crippen LogP contribution < -0.4 is 29.6 Å². The van der Waals surface area contributed by atoms with E-state index in [1.807, 2.05) is 18.2 Å². The molecule has 2 aromatic carbocycles. The molecule has 3 amide bonds. The third-order valence-corrected chi connectivity index (χ3v) is 5.82. The van der Waals surface area contributed by atoms with Crippen LogP contribution in [0, 0.1) is 0 Å². The molecule has 0 fully saturated rings. The molecule has 4 rings (SSSR count). The number of hydrogen-bond acceptors (Lipinski definition) is 7. The minimum atomic E-state index is -0.292. The van der Waals surface area contributed by atoms with Gasteiger partial charge in [-0.05, 0) is 35.7 Å². The van der Waals surface area contributed by atoms with Crippen molar-refractivity contribution in [2.45, 2.75) is 13.0 Å². The van der Waals surface area contributed by atoms with Crippen LogP contribution in [0.3, 0.4) is 0 Å². The van der Waals surface area contributed by atoms with Crippen molar-refractivity contribution in [3.8, 4) is 28.7 Å². The minimum absolute atomic E-state index is 0.245. The molecule has 0 saturated carbocycles. The predicted molar refractivity (Wildman–Crippen MR) is 133 cm³/mol. The fourth-order valence-electron chi connectivity index (χ4n) is 3.99. The zero-order valence-electron chi connectivity index (χ0n) is 20.6. The predicted octanol–water partition coefficient (Wildman–Crippen LogP) is 3.85. The number of methoxy groups -OCH3 is 3. The molecule has 188 valence electrons. The molecule has 10 nitrogen and oxygen atoms in total. The van der Waals surface area contributed by atoms with Gasteiger partial charge in [-0.3, -0.25) is 9.78 Å². The average molecular weight is 493 g/mol. The van der Waals surface area contributed by atoms with Gasteiger partial charge in [0.05, 0.1) is 27.0 Å². The molecule has 0 atom stereocenters. The first kappa shape index (κ1) is 24.6. The molecule has 0 saturated heterocycles. The van der Waals surface area contributed by atoms with Gasteiger partial charge in [0.2, 0.25) is 5.75 Å². The van der Waals surface area contributed by atoms with E-state index in [1.165, 1.54) is 27.5 Å². The fraction of sp³-hybridized carbons (Fsp3) is 0.269. The van der Waals surface area contributed by atoms with Gasteiger partial charge in [-0.15, -0.1) is 0 Å². The highest BCUT2D eigenvalue weighted by Crippen LogP contribution is 2.40. The van der Waals surface area contributed by atoms with Gasteiger partial charge in [0.25, 0.3) is 5.91 Å². The molecule has 10 heteroatoms. The Labute approximate surface area is 209 Å². The summed E-state index contributed by atoms with van der Waals surface area (Å²) < 4.78 is 22.1. The van der Waals surface area contributed by atoms with Gasteiger partial charge in [0.15, 0.2) is 11.5 Å². The molecule has 2 N–H and O–H groups in total. The standard InChI is InChI=1S/C26H28N4O6/c1-27-25(31)21-14-20(7-9-28-21)36-19-6-5-16-8-10-30(15-17(16)11-19)26(32)29-18-12-22(33-2)24(35-4)23(13-18)34-3/h5-7,9,11-14H,8,10,15H2,1-4H3,(H,27,31)(H,29,32). The second-order valence-corrected chi connectivity index (χ2v) is 8.00. The summed E-state index contributed by atoms with van der Waals surface area (Å²) in [5.41, 5.74) is 2.93. The van der Waals surface area contributed by atoms with E-state index >= 15 is 0 Å². The summed E-state index contributed by atoms with van der Waals surface area (Å²) in [6.07, 6.45) is 2.24. The molecule has 0 radical (unpaired) electrons. The molecule has 1 aromatic heterocycles. The van der Waals surface area contributed by atoms with Crippen LogP contribution >= 0.6 is 0 Å². The topological polar surface area (TPSA) is 111 Å². The van der Waals surface area contributed by atoms with Crippen LogP contribution in [0.15, 0.2) is 48.7 Å². The van der Waals surface area contributed by atoms with E-state index in [0.717, 1.165) is 11.1 Å². The highest BCUT2D eigenvalue weighted by atomic mass is 16.5. The van der Waals surface area contributed by atoms with Gasteiger partial charge in [-0.25, -0.2) is 4.79 Å². The van der Waals surface area contributed by atoms with Crippen molar-refractivity contribution in [3.63, 3.8) is 0 Å². The van der Waals surface area contributed by atoms with Gasteiger partial charge in [0, 0.05) is 44.5 Å². The number of nitrogens with one attached hydrogen (secondary N) is 2. The van der Waals surface area contributed by atoms with Crippen LogP contribution in [0.4, 0.5) is 10.5 Å². The number of nitrogens with zero attached hydrogens (tertiary/aromatic N) is 2. The van der Waals surface area contributed by atoms with E-state index in [1.54, 1.807) is 36.2 Å². The maximum Gasteiger partial charge on any atom is 0.322 e. The fourth-order valence-corrected chi connectivity index (χ4v) is 3.99. The summed E-state index contributed by atoms with van der Waals surface area (Å²) in [4.78, 5) is 30.7. The van der Waals surface area contributed by atoms with E-state index in [2.05, 4.69) is 15.6 Å². The Hall–Kier alpha value is -4.47. The molecular formula is C26H28N4O6. The third-order valence-electron chi connectivity index (χ3n) is 5.82. The van der Waals surface area contributed by atoms with Crippen molar-refractivity contribution in [2.24, 2.45) is 0 Å². The first-order chi connectivity index (χ1) is 17.4. The van der Waals surface area contributed by atoms with Gasteiger partial charge >= 0.3 is 6.03 Å². The quantitative estimate of drug-likeness (QED) is 0.515. The molecular weight excluding hydrogens is 464 g/mol. The normalized spacial score (nSPS) is 12.3. The lowest BCUT2D eigenvalue weighted by atomic mass is 10.00. The number of pyridine rings is 1. The number of fused-ring (bicyclic) bond motifs is 1. The summed E-state index contributed by atoms with van der Waals surface area (Å²) in [6, 6.07) is 12.2. The number of anilines is 1. The Bertz CT molecular complexity index is 1250. The molecule has 3 aromatic rings. The third kappa shape index (κ3) is 5.27. The van der Waals surface area contributed by atoms with E-state index in [0.29, 0.717) is 53.9 Å². The number of amides is 3. The Morgan fingerprint density at radius 3 is 2.31 bits per heavy atom. The van der Waals surface area contributed by atoms with E-state index < -0.39 is 0 Å². The molecule has 0 bridgehead atoms. The highest BCUT2D eigenvalue weighted by Gasteiger charge is 2.23. The second-order valence-electron chi connectivity index (χ2n) is 8.00. The van der Waals surface area contributed by atoms with Crippen LogP contribution in [0.25, 0.3) is 0 Å². The second kappa shape index (κ2) is 10.9. The van der Waals surface area contributed by atoms with Crippen molar-refractivity contribution in [3.05, 3.63) is 65.5 Å². The van der Waals surface area contributed by atoms with E-state index in [4.69, 9.17) is 18.9 Å². The number of carbonyl (C=O) groups excluding carboxylic acids is 2. The monoisotopic (exact) mass is 492 g/mol. The number of aromatic nitrogens is 1. The Morgan fingerprint density at radius 2 is 1.64 bits per heavy atom. The molecule has 1 aliphatic rings. The first-order valence-corrected chi connectivity index (χ1v) is 11.3. The van der Waals surface area contributed by atoms with Gasteiger partial charge in [-0.2, -0.15) is 0 Å². The van der Waals surface area contributed by atoms with Crippen LogP contribution in [0.1, 0.15) is 21.6 Å². The Balaban J connectivity index is 1.48. The zero-order valence-corrected chi connectivity index (χ0v) is 20.6. The maximum absolute atomic E-state index is 13.1. The lowest BCUT2D eigenvalue weighted by Gasteiger charge is -2.29. The van der Waals surface area contributed by atoms with E-state index in [9.17, 15) is 9.59 Å². The molecule has 0 aliphatic carbocycles. The van der Waals surface area contributed by atoms with Crippen LogP contribution in [-0.4, -0.2) is 56.7 Å². The summed E-state index contributed by atoms with van der Waals surface area (Å²) in [6.45, 7) is 0.992. The number of rotatable bonds is 7. The van der Waals surface area contributed by atoms with Gasteiger partial charge in [-0.1, -0.05) is 6.07 Å². The smallest absolute Gasteiger partial charge is 0.322 e.